The average molecular weight is 317 g/mol. The van der Waals surface area contributed by atoms with Gasteiger partial charge in [0.25, 0.3) is 0 Å². The lowest BCUT2D eigenvalue weighted by molar-refractivity contribution is -0.137. The van der Waals surface area contributed by atoms with E-state index in [1.54, 1.807) is 24.3 Å². The van der Waals surface area contributed by atoms with Crippen LogP contribution in [0.3, 0.4) is 0 Å². The van der Waals surface area contributed by atoms with Crippen LogP contribution >= 0.6 is 0 Å². The molecule has 0 heterocycles. The number of alkyl halides is 3. The van der Waals surface area contributed by atoms with Crippen molar-refractivity contribution in [2.75, 3.05) is 5.32 Å². The summed E-state index contributed by atoms with van der Waals surface area (Å²) in [5, 5.41) is 11.1. The second-order valence-corrected chi connectivity index (χ2v) is 4.92. The summed E-state index contributed by atoms with van der Waals surface area (Å²) >= 11 is 0. The van der Waals surface area contributed by atoms with Crippen LogP contribution in [0.5, 0.6) is 0 Å². The summed E-state index contributed by atoms with van der Waals surface area (Å²) in [6.45, 7) is 0. The van der Waals surface area contributed by atoms with Crippen LogP contribution in [0, 0.1) is 0 Å². The maximum atomic E-state index is 12.3. The smallest absolute Gasteiger partial charge is 0.389 e. The molecule has 0 spiro atoms. The first-order chi connectivity index (χ1) is 10.3. The molecule has 0 saturated heterocycles. The Kier molecular flexibility index (Phi) is 6.88. The molecule has 1 rings (SSSR count). The summed E-state index contributed by atoms with van der Waals surface area (Å²) in [6, 6.07) is 6.36. The predicted octanol–water partition coefficient (Wildman–Crippen LogP) is 3.77. The molecule has 4 nitrogen and oxygen atoms in total. The van der Waals surface area contributed by atoms with Crippen LogP contribution in [0.15, 0.2) is 24.3 Å². The van der Waals surface area contributed by atoms with Crippen molar-refractivity contribution in [1.29, 1.82) is 0 Å². The van der Waals surface area contributed by atoms with E-state index in [0.29, 0.717) is 24.1 Å². The van der Waals surface area contributed by atoms with Gasteiger partial charge in [-0.2, -0.15) is 13.2 Å². The summed E-state index contributed by atoms with van der Waals surface area (Å²) in [6.07, 6.45) is -4.44. The topological polar surface area (TPSA) is 66.4 Å². The third-order valence-electron chi connectivity index (χ3n) is 3.01. The standard InChI is InChI=1S/C15H18F3NO3/c16-15(17,18)10-9-11-5-1-2-6-12(11)19-13(20)7-3-4-8-14(21)22/h1-2,5-6H,3-4,7-10H2,(H,19,20)(H,21,22). The molecule has 1 amide bonds. The number of carbonyl (C=O) groups excluding carboxylic acids is 1. The Morgan fingerprint density at radius 1 is 1.09 bits per heavy atom. The SMILES string of the molecule is O=C(O)CCCCC(=O)Nc1ccccc1CCC(F)(F)F. The summed E-state index contributed by atoms with van der Waals surface area (Å²) in [5.41, 5.74) is 0.800. The molecule has 2 N–H and O–H groups in total. The molecule has 7 heteroatoms. The van der Waals surface area contributed by atoms with Gasteiger partial charge < -0.3 is 10.4 Å². The number of carboxylic acid groups (broad SMARTS) is 1. The van der Waals surface area contributed by atoms with E-state index < -0.39 is 18.6 Å². The minimum absolute atomic E-state index is 0.00451. The molecule has 1 aromatic carbocycles. The van der Waals surface area contributed by atoms with Gasteiger partial charge in [-0.15, -0.1) is 0 Å². The van der Waals surface area contributed by atoms with Gasteiger partial charge in [0, 0.05) is 24.9 Å². The van der Waals surface area contributed by atoms with E-state index in [4.69, 9.17) is 5.11 Å². The Bertz CT molecular complexity index is 515. The average Bonchev–Trinajstić information content (AvgIpc) is 2.41. The molecule has 0 bridgehead atoms. The number of carboxylic acids is 1. The van der Waals surface area contributed by atoms with E-state index in [1.165, 1.54) is 0 Å². The Morgan fingerprint density at radius 3 is 2.36 bits per heavy atom. The van der Waals surface area contributed by atoms with E-state index in [9.17, 15) is 22.8 Å². The van der Waals surface area contributed by atoms with E-state index in [2.05, 4.69) is 5.32 Å². The molecule has 0 aliphatic rings. The first-order valence-electron chi connectivity index (χ1n) is 6.94. The monoisotopic (exact) mass is 317 g/mol. The normalized spacial score (nSPS) is 11.2. The number of benzene rings is 1. The molecule has 0 fully saturated rings. The van der Waals surface area contributed by atoms with Gasteiger partial charge in [-0.1, -0.05) is 18.2 Å². The third kappa shape index (κ3) is 7.66. The van der Waals surface area contributed by atoms with Gasteiger partial charge in [0.2, 0.25) is 5.91 Å². The number of anilines is 1. The fourth-order valence-corrected chi connectivity index (χ4v) is 1.91. The van der Waals surface area contributed by atoms with E-state index in [-0.39, 0.29) is 25.2 Å². The third-order valence-corrected chi connectivity index (χ3v) is 3.01. The lowest BCUT2D eigenvalue weighted by Crippen LogP contribution is -2.14. The molecule has 0 radical (unpaired) electrons. The fraction of sp³-hybridized carbons (Fsp3) is 0.467. The van der Waals surface area contributed by atoms with Crippen molar-refractivity contribution >= 4 is 17.6 Å². The van der Waals surface area contributed by atoms with Crippen molar-refractivity contribution < 1.29 is 27.9 Å². The van der Waals surface area contributed by atoms with E-state index in [0.717, 1.165) is 0 Å². The van der Waals surface area contributed by atoms with Crippen LogP contribution in [-0.4, -0.2) is 23.2 Å². The lowest BCUT2D eigenvalue weighted by atomic mass is 10.1. The summed E-state index contributed by atoms with van der Waals surface area (Å²) < 4.78 is 36.8. The van der Waals surface area contributed by atoms with Crippen molar-refractivity contribution in [2.24, 2.45) is 0 Å². The number of unbranched alkanes of at least 4 members (excludes halogenated alkanes) is 1. The van der Waals surface area contributed by atoms with Crippen molar-refractivity contribution in [1.82, 2.24) is 0 Å². The van der Waals surface area contributed by atoms with Gasteiger partial charge >= 0.3 is 12.1 Å². The number of aryl methyl sites for hydroxylation is 1. The number of amides is 1. The van der Waals surface area contributed by atoms with E-state index >= 15 is 0 Å². The molecule has 122 valence electrons. The summed E-state index contributed by atoms with van der Waals surface area (Å²) in [4.78, 5) is 22.1. The number of carbonyl (C=O) groups is 2. The molecule has 0 aromatic heterocycles. The number of halogens is 3. The number of nitrogens with one attached hydrogen (secondary N) is 1. The quantitative estimate of drug-likeness (QED) is 0.717. The molecule has 0 aliphatic carbocycles. The van der Waals surface area contributed by atoms with Crippen LogP contribution < -0.4 is 5.32 Å². The zero-order chi connectivity index (χ0) is 16.6. The molecule has 0 aliphatic heterocycles. The van der Waals surface area contributed by atoms with Gasteiger partial charge in [-0.25, -0.2) is 0 Å². The first kappa shape index (κ1) is 18.0. The van der Waals surface area contributed by atoms with Crippen molar-refractivity contribution in [3.05, 3.63) is 29.8 Å². The molecule has 1 aromatic rings. The summed E-state index contributed by atoms with van der Waals surface area (Å²) in [5.74, 6) is -1.25. The van der Waals surface area contributed by atoms with Gasteiger partial charge in [0.15, 0.2) is 0 Å². The number of hydrogen-bond acceptors (Lipinski definition) is 2. The van der Waals surface area contributed by atoms with Crippen molar-refractivity contribution in [2.45, 2.75) is 44.7 Å². The van der Waals surface area contributed by atoms with Crippen LogP contribution in [-0.2, 0) is 16.0 Å². The first-order valence-corrected chi connectivity index (χ1v) is 6.94. The van der Waals surface area contributed by atoms with Crippen LogP contribution in [0.1, 0.15) is 37.7 Å². The number of para-hydroxylation sites is 1. The number of aliphatic carboxylic acids is 1. The van der Waals surface area contributed by atoms with Crippen molar-refractivity contribution in [3.63, 3.8) is 0 Å². The largest absolute Gasteiger partial charge is 0.481 e. The molecule has 0 unspecified atom stereocenters. The van der Waals surface area contributed by atoms with Crippen LogP contribution in [0.4, 0.5) is 18.9 Å². The highest BCUT2D eigenvalue weighted by atomic mass is 19.4. The minimum atomic E-state index is -4.24. The lowest BCUT2D eigenvalue weighted by Gasteiger charge is -2.12. The zero-order valence-corrected chi connectivity index (χ0v) is 11.9. The Labute approximate surface area is 126 Å². The highest BCUT2D eigenvalue weighted by Gasteiger charge is 2.26. The highest BCUT2D eigenvalue weighted by molar-refractivity contribution is 5.91. The minimum Gasteiger partial charge on any atom is -0.481 e. The number of rotatable bonds is 8. The van der Waals surface area contributed by atoms with Gasteiger partial charge in [0.05, 0.1) is 0 Å². The van der Waals surface area contributed by atoms with Crippen molar-refractivity contribution in [3.8, 4) is 0 Å². The summed E-state index contributed by atoms with van der Waals surface area (Å²) in [7, 11) is 0. The van der Waals surface area contributed by atoms with Crippen LogP contribution in [0.25, 0.3) is 0 Å². The highest BCUT2D eigenvalue weighted by Crippen LogP contribution is 2.25. The van der Waals surface area contributed by atoms with Gasteiger partial charge in [-0.3, -0.25) is 9.59 Å². The molecular weight excluding hydrogens is 299 g/mol. The van der Waals surface area contributed by atoms with E-state index in [1.807, 2.05) is 0 Å². The predicted molar refractivity (Wildman–Crippen MR) is 75.6 cm³/mol. The molecule has 22 heavy (non-hydrogen) atoms. The zero-order valence-electron chi connectivity index (χ0n) is 11.9. The molecular formula is C15H18F3NO3. The Hall–Kier alpha value is -2.05. The van der Waals surface area contributed by atoms with Crippen LogP contribution in [0.2, 0.25) is 0 Å². The Balaban J connectivity index is 2.50. The fourth-order valence-electron chi connectivity index (χ4n) is 1.91. The molecule has 0 atom stereocenters. The second kappa shape index (κ2) is 8.41. The number of hydrogen-bond donors (Lipinski definition) is 2. The Morgan fingerprint density at radius 2 is 1.73 bits per heavy atom. The maximum Gasteiger partial charge on any atom is 0.389 e. The molecule has 0 saturated carbocycles. The van der Waals surface area contributed by atoms with Gasteiger partial charge in [0.1, 0.15) is 0 Å². The second-order valence-electron chi connectivity index (χ2n) is 4.92. The van der Waals surface area contributed by atoms with Gasteiger partial charge in [-0.05, 0) is 30.9 Å². The maximum absolute atomic E-state index is 12.3.